The van der Waals surface area contributed by atoms with Crippen molar-refractivity contribution in [3.8, 4) is 6.07 Å². The Balaban J connectivity index is 3.16. The van der Waals surface area contributed by atoms with E-state index >= 15 is 0 Å². The maximum absolute atomic E-state index is 12.3. The number of hydrogen-bond acceptors (Lipinski definition) is 4. The zero-order valence-corrected chi connectivity index (χ0v) is 11.9. The number of halogens is 4. The second-order valence-corrected chi connectivity index (χ2v) is 5.34. The van der Waals surface area contributed by atoms with Crippen LogP contribution in [0.2, 0.25) is 0 Å². The van der Waals surface area contributed by atoms with Gasteiger partial charge in [0.25, 0.3) is 0 Å². The molecule has 0 aromatic heterocycles. The minimum Gasteiger partial charge on any atom is -0.469 e. The minimum absolute atomic E-state index is 0.00604. The highest BCUT2D eigenvalue weighted by Crippen LogP contribution is 2.39. The first-order valence-corrected chi connectivity index (χ1v) is 6.43. The molecule has 0 aliphatic rings. The fourth-order valence-electron chi connectivity index (χ4n) is 1.30. The fourth-order valence-corrected chi connectivity index (χ4v) is 2.67. The van der Waals surface area contributed by atoms with Crippen molar-refractivity contribution in [1.29, 1.82) is 5.26 Å². The Labute approximate surface area is 119 Å². The van der Waals surface area contributed by atoms with Gasteiger partial charge in [0.05, 0.1) is 25.2 Å². The van der Waals surface area contributed by atoms with E-state index in [0.29, 0.717) is 5.56 Å². The molecule has 0 saturated heterocycles. The van der Waals surface area contributed by atoms with Crippen LogP contribution in [0.1, 0.15) is 11.1 Å². The summed E-state index contributed by atoms with van der Waals surface area (Å²) in [6, 6.07) is 4.09. The molecule has 3 nitrogen and oxygen atoms in total. The molecule has 0 heterocycles. The first-order chi connectivity index (χ1) is 8.76. The summed E-state index contributed by atoms with van der Waals surface area (Å²) in [6.07, 6.45) is -0.184. The Morgan fingerprint density at radius 3 is 2.63 bits per heavy atom. The van der Waals surface area contributed by atoms with Crippen LogP contribution in [0.15, 0.2) is 21.5 Å². The highest BCUT2D eigenvalue weighted by Gasteiger charge is 2.30. The molecule has 0 bridgehead atoms. The molecular weight excluding hydrogens is 347 g/mol. The number of carbonyl (C=O) groups excluding carboxylic acids is 1. The van der Waals surface area contributed by atoms with Crippen LogP contribution in [0, 0.1) is 11.3 Å². The van der Waals surface area contributed by atoms with Crippen LogP contribution in [-0.2, 0) is 16.0 Å². The number of esters is 1. The van der Waals surface area contributed by atoms with Gasteiger partial charge in [0.1, 0.15) is 0 Å². The lowest BCUT2D eigenvalue weighted by Crippen LogP contribution is -2.07. The Morgan fingerprint density at radius 2 is 2.16 bits per heavy atom. The summed E-state index contributed by atoms with van der Waals surface area (Å²) in [4.78, 5) is 11.1. The lowest BCUT2D eigenvalue weighted by atomic mass is 10.1. The maximum atomic E-state index is 12.3. The number of benzene rings is 1. The van der Waals surface area contributed by atoms with Crippen molar-refractivity contribution in [1.82, 2.24) is 0 Å². The number of hydrogen-bond donors (Lipinski definition) is 0. The lowest BCUT2D eigenvalue weighted by molar-refractivity contribution is -0.139. The average Bonchev–Trinajstić information content (AvgIpc) is 2.29. The number of rotatable bonds is 3. The Hall–Kier alpha value is -1.20. The third-order valence-electron chi connectivity index (χ3n) is 2.07. The number of nitriles is 1. The fraction of sp³-hybridized carbons (Fsp3) is 0.273. The molecule has 0 spiro atoms. The molecule has 0 saturated carbocycles. The van der Waals surface area contributed by atoms with E-state index in [1.54, 1.807) is 6.07 Å². The van der Waals surface area contributed by atoms with Crippen LogP contribution in [0.4, 0.5) is 13.2 Å². The molecule has 102 valence electrons. The van der Waals surface area contributed by atoms with E-state index in [2.05, 4.69) is 20.7 Å². The summed E-state index contributed by atoms with van der Waals surface area (Å²) in [7, 11) is 1.19. The molecule has 1 aromatic carbocycles. The quantitative estimate of drug-likeness (QED) is 0.614. The first-order valence-electron chi connectivity index (χ1n) is 4.82. The third-order valence-corrected chi connectivity index (χ3v) is 3.48. The van der Waals surface area contributed by atoms with Crippen LogP contribution < -0.4 is 0 Å². The highest BCUT2D eigenvalue weighted by atomic mass is 79.9. The van der Waals surface area contributed by atoms with Crippen LogP contribution in [0.3, 0.4) is 0 Å². The average molecular weight is 354 g/mol. The molecule has 19 heavy (non-hydrogen) atoms. The summed E-state index contributed by atoms with van der Waals surface area (Å²) < 4.78 is 41.5. The summed E-state index contributed by atoms with van der Waals surface area (Å²) in [5.41, 5.74) is -4.12. The number of alkyl halides is 3. The van der Waals surface area contributed by atoms with Gasteiger partial charge in [-0.2, -0.15) is 18.4 Å². The molecule has 0 N–H and O–H groups in total. The molecular formula is C11H7BrF3NO2S. The molecule has 0 unspecified atom stereocenters. The van der Waals surface area contributed by atoms with Gasteiger partial charge in [0.2, 0.25) is 0 Å². The summed E-state index contributed by atoms with van der Waals surface area (Å²) in [6.45, 7) is 0. The van der Waals surface area contributed by atoms with E-state index in [1.807, 2.05) is 0 Å². The molecule has 0 amide bonds. The van der Waals surface area contributed by atoms with Crippen molar-refractivity contribution in [2.75, 3.05) is 7.11 Å². The van der Waals surface area contributed by atoms with E-state index in [9.17, 15) is 18.0 Å². The predicted octanol–water partition coefficient (Wildman–Crippen LogP) is 3.65. The Kier molecular flexibility index (Phi) is 5.26. The van der Waals surface area contributed by atoms with Crippen LogP contribution in [-0.4, -0.2) is 18.6 Å². The minimum atomic E-state index is -4.43. The normalized spacial score (nSPS) is 10.9. The smallest absolute Gasteiger partial charge is 0.446 e. The van der Waals surface area contributed by atoms with Crippen molar-refractivity contribution in [3.63, 3.8) is 0 Å². The van der Waals surface area contributed by atoms with Gasteiger partial charge in [-0.15, -0.1) is 0 Å². The second kappa shape index (κ2) is 6.30. The highest BCUT2D eigenvalue weighted by molar-refractivity contribution is 9.10. The van der Waals surface area contributed by atoms with E-state index in [1.165, 1.54) is 13.2 Å². The van der Waals surface area contributed by atoms with E-state index in [0.717, 1.165) is 6.07 Å². The Morgan fingerprint density at radius 1 is 1.53 bits per heavy atom. The monoisotopic (exact) mass is 353 g/mol. The molecule has 0 atom stereocenters. The topological polar surface area (TPSA) is 50.1 Å². The number of nitrogens with zero attached hydrogens (tertiary/aromatic N) is 1. The van der Waals surface area contributed by atoms with Gasteiger partial charge >= 0.3 is 11.5 Å². The summed E-state index contributed by atoms with van der Waals surface area (Å²) in [5, 5.41) is 8.94. The van der Waals surface area contributed by atoms with E-state index in [-0.39, 0.29) is 33.1 Å². The number of thioether (sulfide) groups is 1. The molecule has 0 radical (unpaired) electrons. The number of methoxy groups -OCH3 is 1. The van der Waals surface area contributed by atoms with Gasteiger partial charge in [0.15, 0.2) is 0 Å². The zero-order valence-electron chi connectivity index (χ0n) is 9.55. The van der Waals surface area contributed by atoms with Crippen molar-refractivity contribution >= 4 is 33.7 Å². The van der Waals surface area contributed by atoms with Crippen molar-refractivity contribution in [2.45, 2.75) is 16.8 Å². The lowest BCUT2D eigenvalue weighted by Gasteiger charge is -2.10. The van der Waals surface area contributed by atoms with Gasteiger partial charge in [-0.05, 0) is 29.5 Å². The van der Waals surface area contributed by atoms with Crippen LogP contribution in [0.5, 0.6) is 0 Å². The standard InChI is InChI=1S/C11H7BrF3NO2S/c1-18-10(17)4-8-6(5-16)2-7(3-9(8)12)19-11(13,14)15/h2-3H,4H2,1H3. The Bertz CT molecular complexity index is 540. The summed E-state index contributed by atoms with van der Waals surface area (Å²) in [5.74, 6) is -0.576. The van der Waals surface area contributed by atoms with Gasteiger partial charge in [0, 0.05) is 9.37 Å². The second-order valence-electron chi connectivity index (χ2n) is 3.34. The molecule has 0 fully saturated rings. The molecule has 0 aliphatic carbocycles. The summed E-state index contributed by atoms with van der Waals surface area (Å²) >= 11 is 2.74. The van der Waals surface area contributed by atoms with E-state index < -0.39 is 11.5 Å². The number of carbonyl (C=O) groups is 1. The van der Waals surface area contributed by atoms with Gasteiger partial charge in [-0.3, -0.25) is 4.79 Å². The van der Waals surface area contributed by atoms with Crippen molar-refractivity contribution in [2.24, 2.45) is 0 Å². The zero-order chi connectivity index (χ0) is 14.6. The number of ether oxygens (including phenoxy) is 1. The largest absolute Gasteiger partial charge is 0.469 e. The SMILES string of the molecule is COC(=O)Cc1c(Br)cc(SC(F)(F)F)cc1C#N. The van der Waals surface area contributed by atoms with Crippen LogP contribution >= 0.6 is 27.7 Å². The van der Waals surface area contributed by atoms with Gasteiger partial charge in [-0.25, -0.2) is 0 Å². The third kappa shape index (κ3) is 4.76. The van der Waals surface area contributed by atoms with Crippen LogP contribution in [0.25, 0.3) is 0 Å². The molecule has 1 rings (SSSR count). The first kappa shape index (κ1) is 15.9. The molecule has 0 aliphatic heterocycles. The van der Waals surface area contributed by atoms with Gasteiger partial charge in [-0.1, -0.05) is 15.9 Å². The molecule has 1 aromatic rings. The van der Waals surface area contributed by atoms with Crippen molar-refractivity contribution < 1.29 is 22.7 Å². The van der Waals surface area contributed by atoms with Crippen molar-refractivity contribution in [3.05, 3.63) is 27.7 Å². The molecule has 8 heteroatoms. The van der Waals surface area contributed by atoms with Gasteiger partial charge < -0.3 is 4.74 Å². The van der Waals surface area contributed by atoms with E-state index in [4.69, 9.17) is 5.26 Å². The predicted molar refractivity (Wildman–Crippen MR) is 66.5 cm³/mol. The maximum Gasteiger partial charge on any atom is 0.446 e.